The first kappa shape index (κ1) is 15.0. The molecule has 0 saturated heterocycles. The number of hydrogen-bond donors (Lipinski definition) is 2. The van der Waals surface area contributed by atoms with Crippen LogP contribution in [0.15, 0.2) is 36.5 Å². The van der Waals surface area contributed by atoms with E-state index in [0.717, 1.165) is 17.8 Å². The molecule has 1 aromatic carbocycles. The quantitative estimate of drug-likeness (QED) is 0.909. The van der Waals surface area contributed by atoms with Gasteiger partial charge in [0, 0.05) is 6.54 Å². The summed E-state index contributed by atoms with van der Waals surface area (Å²) in [5.74, 6) is 0.710. The molecule has 0 saturated carbocycles. The van der Waals surface area contributed by atoms with Crippen LogP contribution in [0, 0.1) is 0 Å². The van der Waals surface area contributed by atoms with Crippen molar-refractivity contribution in [3.8, 4) is 5.75 Å². The van der Waals surface area contributed by atoms with Gasteiger partial charge in [-0.15, -0.1) is 0 Å². The summed E-state index contributed by atoms with van der Waals surface area (Å²) in [6.45, 7) is 0.343. The predicted molar refractivity (Wildman–Crippen MR) is 74.0 cm³/mol. The van der Waals surface area contributed by atoms with Gasteiger partial charge < -0.3 is 15.8 Å². The summed E-state index contributed by atoms with van der Waals surface area (Å²) in [7, 11) is 1.56. The number of benzene rings is 1. The molecule has 0 aliphatic rings. The van der Waals surface area contributed by atoms with E-state index in [0.29, 0.717) is 12.3 Å². The van der Waals surface area contributed by atoms with E-state index in [-0.39, 0.29) is 11.4 Å². The zero-order valence-corrected chi connectivity index (χ0v) is 11.2. The number of nitrogens with zero attached hydrogens (tertiary/aromatic N) is 1. The largest absolute Gasteiger partial charge is 0.497 e. The molecule has 21 heavy (non-hydrogen) atoms. The van der Waals surface area contributed by atoms with Gasteiger partial charge in [0.25, 0.3) is 0 Å². The van der Waals surface area contributed by atoms with E-state index < -0.39 is 11.9 Å². The van der Waals surface area contributed by atoms with Crippen LogP contribution < -0.4 is 15.8 Å². The Morgan fingerprint density at radius 1 is 1.24 bits per heavy atom. The molecule has 1 aromatic heterocycles. The van der Waals surface area contributed by atoms with Crippen molar-refractivity contribution in [2.75, 3.05) is 18.2 Å². The minimum Gasteiger partial charge on any atom is -0.497 e. The first-order valence-electron chi connectivity index (χ1n) is 6.09. The number of aromatic nitrogens is 1. The van der Waals surface area contributed by atoms with Crippen LogP contribution in [0.5, 0.6) is 5.75 Å². The van der Waals surface area contributed by atoms with Gasteiger partial charge in [0.15, 0.2) is 0 Å². The van der Waals surface area contributed by atoms with Gasteiger partial charge in [-0.3, -0.25) is 0 Å². The lowest BCUT2D eigenvalue weighted by molar-refractivity contribution is -0.141. The molecule has 112 valence electrons. The minimum atomic E-state index is -4.50. The zero-order valence-electron chi connectivity index (χ0n) is 11.2. The first-order valence-corrected chi connectivity index (χ1v) is 6.09. The summed E-state index contributed by atoms with van der Waals surface area (Å²) in [5.41, 5.74) is 5.91. The molecule has 0 spiro atoms. The highest BCUT2D eigenvalue weighted by Gasteiger charge is 2.32. The molecule has 2 rings (SSSR count). The molecule has 0 aliphatic carbocycles. The summed E-state index contributed by atoms with van der Waals surface area (Å²) >= 11 is 0. The monoisotopic (exact) mass is 297 g/mol. The van der Waals surface area contributed by atoms with E-state index in [2.05, 4.69) is 10.3 Å². The van der Waals surface area contributed by atoms with Crippen molar-refractivity contribution < 1.29 is 17.9 Å². The third kappa shape index (κ3) is 3.77. The summed E-state index contributed by atoms with van der Waals surface area (Å²) in [5, 5.41) is 2.87. The van der Waals surface area contributed by atoms with Crippen molar-refractivity contribution in [2.45, 2.75) is 12.7 Å². The lowest BCUT2D eigenvalue weighted by atomic mass is 10.2. The average molecular weight is 297 g/mol. The number of halogens is 3. The fraction of sp³-hybridized carbons (Fsp3) is 0.214. The molecule has 0 radical (unpaired) electrons. The van der Waals surface area contributed by atoms with Gasteiger partial charge in [0.05, 0.1) is 24.7 Å². The molecule has 0 aliphatic heterocycles. The Balaban J connectivity index is 2.11. The maximum atomic E-state index is 12.6. The topological polar surface area (TPSA) is 60.2 Å². The molecule has 4 nitrogen and oxygen atoms in total. The van der Waals surface area contributed by atoms with Crippen LogP contribution in [-0.4, -0.2) is 12.1 Å². The van der Waals surface area contributed by atoms with Crippen LogP contribution in [0.2, 0.25) is 0 Å². The lowest BCUT2D eigenvalue weighted by Crippen LogP contribution is -2.10. The smallest absolute Gasteiger partial charge is 0.433 e. The second kappa shape index (κ2) is 5.90. The summed E-state index contributed by atoms with van der Waals surface area (Å²) in [6, 6.07) is 8.07. The number of nitrogen functional groups attached to an aromatic ring is 1. The summed E-state index contributed by atoms with van der Waals surface area (Å²) < 4.78 is 42.8. The number of methoxy groups -OCH3 is 1. The van der Waals surface area contributed by atoms with Crippen LogP contribution in [0.25, 0.3) is 0 Å². The first-order chi connectivity index (χ1) is 9.90. The van der Waals surface area contributed by atoms with Crippen LogP contribution in [0.3, 0.4) is 0 Å². The molecule has 0 bridgehead atoms. The average Bonchev–Trinajstić information content (AvgIpc) is 2.45. The van der Waals surface area contributed by atoms with E-state index >= 15 is 0 Å². The predicted octanol–water partition coefficient (Wildman–Crippen LogP) is 3.30. The van der Waals surface area contributed by atoms with E-state index in [4.69, 9.17) is 10.5 Å². The fourth-order valence-electron chi connectivity index (χ4n) is 1.71. The molecule has 2 aromatic rings. The van der Waals surface area contributed by atoms with E-state index in [1.165, 1.54) is 0 Å². The molecule has 0 fully saturated rings. The Morgan fingerprint density at radius 2 is 1.90 bits per heavy atom. The Morgan fingerprint density at radius 3 is 2.48 bits per heavy atom. The van der Waals surface area contributed by atoms with Gasteiger partial charge in [-0.2, -0.15) is 13.2 Å². The minimum absolute atomic E-state index is 0.163. The van der Waals surface area contributed by atoms with Crippen molar-refractivity contribution in [3.05, 3.63) is 47.8 Å². The number of nitrogens with one attached hydrogen (secondary N) is 1. The maximum Gasteiger partial charge on any atom is 0.433 e. The van der Waals surface area contributed by atoms with Crippen molar-refractivity contribution in [1.29, 1.82) is 0 Å². The van der Waals surface area contributed by atoms with Crippen molar-refractivity contribution >= 4 is 11.4 Å². The van der Waals surface area contributed by atoms with Gasteiger partial charge in [0.1, 0.15) is 11.4 Å². The van der Waals surface area contributed by atoms with Gasteiger partial charge in [-0.05, 0) is 23.8 Å². The molecule has 0 unspecified atom stereocenters. The van der Waals surface area contributed by atoms with E-state index in [1.54, 1.807) is 19.2 Å². The zero-order chi connectivity index (χ0) is 15.5. The highest BCUT2D eigenvalue weighted by molar-refractivity contribution is 5.65. The van der Waals surface area contributed by atoms with E-state index in [1.807, 2.05) is 12.1 Å². The molecular weight excluding hydrogens is 283 g/mol. The Kier molecular flexibility index (Phi) is 4.21. The Labute approximate surface area is 119 Å². The highest BCUT2D eigenvalue weighted by atomic mass is 19.4. The third-order valence-electron chi connectivity index (χ3n) is 2.87. The summed E-state index contributed by atoms with van der Waals surface area (Å²) in [6.07, 6.45) is -3.50. The van der Waals surface area contributed by atoms with Gasteiger partial charge in [0.2, 0.25) is 0 Å². The summed E-state index contributed by atoms with van der Waals surface area (Å²) in [4.78, 5) is 3.28. The number of rotatable bonds is 4. The molecular formula is C14H14F3N3O. The number of hydrogen-bond acceptors (Lipinski definition) is 4. The van der Waals surface area contributed by atoms with Crippen LogP contribution in [0.1, 0.15) is 11.3 Å². The standard InChI is InChI=1S/C14H14F3N3O/c1-21-10-4-2-9(3-5-10)7-19-12-6-13(14(15,16)17)20-8-11(12)18/h2-6,8H,7,18H2,1H3,(H,19,20). The SMILES string of the molecule is COc1ccc(CNc2cc(C(F)(F)F)ncc2N)cc1. The molecule has 0 amide bonds. The number of ether oxygens (including phenoxy) is 1. The van der Waals surface area contributed by atoms with Crippen molar-refractivity contribution in [3.63, 3.8) is 0 Å². The number of nitrogens with two attached hydrogens (primary N) is 1. The fourth-order valence-corrected chi connectivity index (χ4v) is 1.71. The number of anilines is 2. The maximum absolute atomic E-state index is 12.6. The molecule has 7 heteroatoms. The number of alkyl halides is 3. The van der Waals surface area contributed by atoms with Crippen LogP contribution >= 0.6 is 0 Å². The van der Waals surface area contributed by atoms with Crippen molar-refractivity contribution in [2.24, 2.45) is 0 Å². The lowest BCUT2D eigenvalue weighted by Gasteiger charge is -2.12. The third-order valence-corrected chi connectivity index (χ3v) is 2.87. The van der Waals surface area contributed by atoms with Crippen molar-refractivity contribution in [1.82, 2.24) is 4.98 Å². The van der Waals surface area contributed by atoms with E-state index in [9.17, 15) is 13.2 Å². The second-order valence-corrected chi connectivity index (χ2v) is 4.36. The molecule has 1 heterocycles. The molecule has 0 atom stereocenters. The van der Waals surface area contributed by atoms with Crippen LogP contribution in [-0.2, 0) is 12.7 Å². The second-order valence-electron chi connectivity index (χ2n) is 4.36. The van der Waals surface area contributed by atoms with Gasteiger partial charge in [-0.25, -0.2) is 4.98 Å². The van der Waals surface area contributed by atoms with Gasteiger partial charge >= 0.3 is 6.18 Å². The molecule has 3 N–H and O–H groups in total. The van der Waals surface area contributed by atoms with Gasteiger partial charge in [-0.1, -0.05) is 12.1 Å². The normalized spacial score (nSPS) is 11.2. The Hall–Kier alpha value is -2.44. The Bertz CT molecular complexity index is 612. The highest BCUT2D eigenvalue weighted by Crippen LogP contribution is 2.31. The van der Waals surface area contributed by atoms with Crippen LogP contribution in [0.4, 0.5) is 24.5 Å². The number of pyridine rings is 1.